The SMILES string of the molecule is CCNC(=O)[C@@H]1C[C@@H](N)CN1C(=O)c1cc2c(-c3ccccc3)nn(C)c2s1. The maximum Gasteiger partial charge on any atom is 0.264 e. The zero-order valence-corrected chi connectivity index (χ0v) is 16.7. The summed E-state index contributed by atoms with van der Waals surface area (Å²) in [6, 6.07) is 11.1. The summed E-state index contributed by atoms with van der Waals surface area (Å²) in [5.74, 6) is -0.291. The number of nitrogens with one attached hydrogen (secondary N) is 1. The molecule has 4 rings (SSSR count). The van der Waals surface area contributed by atoms with Gasteiger partial charge in [0.05, 0.1) is 4.88 Å². The lowest BCUT2D eigenvalue weighted by atomic mass is 10.1. The molecule has 0 bridgehead atoms. The third kappa shape index (κ3) is 3.18. The fourth-order valence-electron chi connectivity index (χ4n) is 3.73. The number of nitrogens with zero attached hydrogens (tertiary/aromatic N) is 3. The van der Waals surface area contributed by atoms with Crippen molar-refractivity contribution >= 4 is 33.4 Å². The summed E-state index contributed by atoms with van der Waals surface area (Å²) in [6.07, 6.45) is 0.485. The Morgan fingerprint density at radius 3 is 2.79 bits per heavy atom. The van der Waals surface area contributed by atoms with Crippen molar-refractivity contribution in [1.82, 2.24) is 20.0 Å². The highest BCUT2D eigenvalue weighted by atomic mass is 32.1. The van der Waals surface area contributed by atoms with Gasteiger partial charge in [0.2, 0.25) is 5.91 Å². The molecule has 0 aliphatic carbocycles. The molecule has 2 amide bonds. The van der Waals surface area contributed by atoms with Crippen LogP contribution in [0.25, 0.3) is 21.5 Å². The second-order valence-corrected chi connectivity index (χ2v) is 8.06. The van der Waals surface area contributed by atoms with Crippen LogP contribution < -0.4 is 11.1 Å². The van der Waals surface area contributed by atoms with Crippen molar-refractivity contribution in [1.29, 1.82) is 0 Å². The number of benzene rings is 1. The first kappa shape index (κ1) is 18.6. The highest BCUT2D eigenvalue weighted by molar-refractivity contribution is 7.20. The molecule has 8 heteroatoms. The van der Waals surface area contributed by atoms with E-state index in [1.807, 2.05) is 50.4 Å². The van der Waals surface area contributed by atoms with Gasteiger partial charge in [0.15, 0.2) is 0 Å². The number of hydrogen-bond acceptors (Lipinski definition) is 5. The fourth-order valence-corrected chi connectivity index (χ4v) is 4.76. The van der Waals surface area contributed by atoms with E-state index in [9.17, 15) is 9.59 Å². The minimum absolute atomic E-state index is 0.142. The number of aryl methyl sites for hydroxylation is 1. The van der Waals surface area contributed by atoms with Gasteiger partial charge in [-0.1, -0.05) is 30.3 Å². The maximum absolute atomic E-state index is 13.2. The van der Waals surface area contributed by atoms with Crippen LogP contribution in [-0.4, -0.2) is 51.7 Å². The summed E-state index contributed by atoms with van der Waals surface area (Å²) < 4.78 is 1.80. The van der Waals surface area contributed by atoms with Crippen LogP contribution >= 0.6 is 11.3 Å². The van der Waals surface area contributed by atoms with Gasteiger partial charge in [0, 0.05) is 37.1 Å². The molecule has 3 heterocycles. The molecule has 7 nitrogen and oxygen atoms in total. The Labute approximate surface area is 167 Å². The van der Waals surface area contributed by atoms with Crippen LogP contribution in [0.5, 0.6) is 0 Å². The van der Waals surface area contributed by atoms with Crippen LogP contribution in [0.2, 0.25) is 0 Å². The van der Waals surface area contributed by atoms with Gasteiger partial charge in [-0.25, -0.2) is 0 Å². The van der Waals surface area contributed by atoms with Crippen molar-refractivity contribution in [2.24, 2.45) is 12.8 Å². The minimum Gasteiger partial charge on any atom is -0.355 e. The number of fused-ring (bicyclic) bond motifs is 1. The molecule has 0 saturated carbocycles. The zero-order valence-electron chi connectivity index (χ0n) is 15.9. The van der Waals surface area contributed by atoms with E-state index in [1.165, 1.54) is 11.3 Å². The predicted molar refractivity (Wildman–Crippen MR) is 110 cm³/mol. The van der Waals surface area contributed by atoms with E-state index in [0.717, 1.165) is 21.5 Å². The van der Waals surface area contributed by atoms with E-state index in [4.69, 9.17) is 5.73 Å². The van der Waals surface area contributed by atoms with E-state index in [-0.39, 0.29) is 17.9 Å². The van der Waals surface area contributed by atoms with E-state index in [2.05, 4.69) is 10.4 Å². The molecule has 1 fully saturated rings. The molecule has 1 saturated heterocycles. The second kappa shape index (κ2) is 7.37. The van der Waals surface area contributed by atoms with Crippen LogP contribution in [0.1, 0.15) is 23.0 Å². The van der Waals surface area contributed by atoms with E-state index < -0.39 is 6.04 Å². The van der Waals surface area contributed by atoms with Gasteiger partial charge in [-0.05, 0) is 19.4 Å². The minimum atomic E-state index is -0.514. The quantitative estimate of drug-likeness (QED) is 0.704. The Kier molecular flexibility index (Phi) is 4.91. The summed E-state index contributed by atoms with van der Waals surface area (Å²) in [5.41, 5.74) is 7.92. The van der Waals surface area contributed by atoms with Crippen molar-refractivity contribution < 1.29 is 9.59 Å². The molecule has 3 aromatic rings. The van der Waals surface area contributed by atoms with Crippen molar-refractivity contribution in [2.75, 3.05) is 13.1 Å². The molecule has 146 valence electrons. The van der Waals surface area contributed by atoms with Gasteiger partial charge >= 0.3 is 0 Å². The topological polar surface area (TPSA) is 93.2 Å². The largest absolute Gasteiger partial charge is 0.355 e. The van der Waals surface area contributed by atoms with Crippen molar-refractivity contribution in [3.05, 3.63) is 41.3 Å². The maximum atomic E-state index is 13.2. The predicted octanol–water partition coefficient (Wildman–Crippen LogP) is 1.98. The Hall–Kier alpha value is -2.71. The van der Waals surface area contributed by atoms with E-state index >= 15 is 0 Å². The number of nitrogens with two attached hydrogens (primary N) is 1. The number of carbonyl (C=O) groups excluding carboxylic acids is 2. The molecule has 28 heavy (non-hydrogen) atoms. The number of hydrogen-bond donors (Lipinski definition) is 2. The van der Waals surface area contributed by atoms with Gasteiger partial charge in [0.1, 0.15) is 16.6 Å². The zero-order chi connectivity index (χ0) is 19.8. The Morgan fingerprint density at radius 2 is 2.07 bits per heavy atom. The van der Waals surface area contributed by atoms with Gasteiger partial charge in [0.25, 0.3) is 5.91 Å². The van der Waals surface area contributed by atoms with Crippen LogP contribution in [0.3, 0.4) is 0 Å². The van der Waals surface area contributed by atoms with Crippen molar-refractivity contribution in [3.8, 4) is 11.3 Å². The van der Waals surface area contributed by atoms with E-state index in [0.29, 0.717) is 24.4 Å². The van der Waals surface area contributed by atoms with Crippen LogP contribution in [0, 0.1) is 0 Å². The fraction of sp³-hybridized carbons (Fsp3) is 0.350. The lowest BCUT2D eigenvalue weighted by Gasteiger charge is -2.23. The number of amides is 2. The van der Waals surface area contributed by atoms with Crippen molar-refractivity contribution in [3.63, 3.8) is 0 Å². The average Bonchev–Trinajstić information content (AvgIpc) is 3.37. The normalized spacial score (nSPS) is 19.3. The number of carbonyl (C=O) groups is 2. The molecular weight excluding hydrogens is 374 g/mol. The molecule has 1 aliphatic heterocycles. The molecule has 1 aromatic carbocycles. The Bertz CT molecular complexity index is 1030. The molecule has 0 unspecified atom stereocenters. The lowest BCUT2D eigenvalue weighted by Crippen LogP contribution is -2.45. The summed E-state index contributed by atoms with van der Waals surface area (Å²) in [5, 5.41) is 8.37. The first-order valence-corrected chi connectivity index (χ1v) is 10.2. The smallest absolute Gasteiger partial charge is 0.264 e. The second-order valence-electron chi connectivity index (χ2n) is 7.03. The summed E-state index contributed by atoms with van der Waals surface area (Å²) in [6.45, 7) is 2.78. The summed E-state index contributed by atoms with van der Waals surface area (Å²) >= 11 is 1.40. The monoisotopic (exact) mass is 397 g/mol. The summed E-state index contributed by atoms with van der Waals surface area (Å²) in [7, 11) is 1.88. The number of likely N-dealkylation sites (N-methyl/N-ethyl adjacent to an activating group) is 1. The standard InChI is InChI=1S/C20H23N5O2S/c1-3-22-18(26)15-9-13(21)11-25(15)19(27)16-10-14-17(12-7-5-4-6-8-12)23-24(2)20(14)28-16/h4-8,10,13,15H,3,9,11,21H2,1-2H3,(H,22,26)/t13-,15+/m1/s1. The van der Waals surface area contributed by atoms with Crippen LogP contribution in [0.4, 0.5) is 0 Å². The molecule has 0 spiro atoms. The van der Waals surface area contributed by atoms with Gasteiger partial charge in [-0.3, -0.25) is 14.3 Å². The van der Waals surface area contributed by atoms with Crippen molar-refractivity contribution in [2.45, 2.75) is 25.4 Å². The molecule has 2 aromatic heterocycles. The number of likely N-dealkylation sites (tertiary alicyclic amines) is 1. The van der Waals surface area contributed by atoms with Crippen LogP contribution in [0.15, 0.2) is 36.4 Å². The Morgan fingerprint density at radius 1 is 1.32 bits per heavy atom. The van der Waals surface area contributed by atoms with E-state index in [1.54, 1.807) is 9.58 Å². The molecule has 1 aliphatic rings. The van der Waals surface area contributed by atoms with Gasteiger partial charge < -0.3 is 16.0 Å². The third-order valence-corrected chi connectivity index (χ3v) is 6.21. The van der Waals surface area contributed by atoms with Gasteiger partial charge in [-0.2, -0.15) is 5.10 Å². The number of rotatable bonds is 4. The first-order chi connectivity index (χ1) is 13.5. The summed E-state index contributed by atoms with van der Waals surface area (Å²) in [4.78, 5) is 28.7. The molecule has 2 atom stereocenters. The lowest BCUT2D eigenvalue weighted by molar-refractivity contribution is -0.124. The highest BCUT2D eigenvalue weighted by Gasteiger charge is 2.39. The third-order valence-electron chi connectivity index (χ3n) is 5.02. The number of aromatic nitrogens is 2. The first-order valence-electron chi connectivity index (χ1n) is 9.35. The average molecular weight is 398 g/mol. The highest BCUT2D eigenvalue weighted by Crippen LogP contribution is 2.35. The molecular formula is C20H23N5O2S. The van der Waals surface area contributed by atoms with Crippen LogP contribution in [-0.2, 0) is 11.8 Å². The molecule has 0 radical (unpaired) electrons. The van der Waals surface area contributed by atoms with Gasteiger partial charge in [-0.15, -0.1) is 11.3 Å². The Balaban J connectivity index is 1.69. The molecule has 3 N–H and O–H groups in total. The number of thiophene rings is 1.